The predicted molar refractivity (Wildman–Crippen MR) is 106 cm³/mol. The Morgan fingerprint density at radius 2 is 1.83 bits per heavy atom. The van der Waals surface area contributed by atoms with Crippen molar-refractivity contribution in [2.24, 2.45) is 5.92 Å². The van der Waals surface area contributed by atoms with Crippen LogP contribution in [-0.2, 0) is 22.4 Å². The molecule has 0 radical (unpaired) electrons. The molecule has 8 nitrogen and oxygen atoms in total. The summed E-state index contributed by atoms with van der Waals surface area (Å²) in [5.74, 6) is -2.21. The van der Waals surface area contributed by atoms with E-state index >= 15 is 0 Å². The molecule has 1 unspecified atom stereocenters. The molecule has 8 heteroatoms. The summed E-state index contributed by atoms with van der Waals surface area (Å²) in [4.78, 5) is 42.9. The summed E-state index contributed by atoms with van der Waals surface area (Å²) in [6.07, 6.45) is 5.39. The van der Waals surface area contributed by atoms with Gasteiger partial charge in [0.1, 0.15) is 0 Å². The van der Waals surface area contributed by atoms with Crippen molar-refractivity contribution in [1.29, 1.82) is 0 Å². The molecule has 0 amide bonds. The van der Waals surface area contributed by atoms with E-state index in [2.05, 4.69) is 15.0 Å². The molecule has 0 bridgehead atoms. The molecule has 4 rings (SSSR count). The number of para-hydroxylation sites is 1. The number of carbonyl (C=O) groups is 3. The van der Waals surface area contributed by atoms with Gasteiger partial charge in [-0.3, -0.25) is 4.79 Å². The highest BCUT2D eigenvalue weighted by atomic mass is 16.4. The Bertz CT molecular complexity index is 1080. The number of imidazole rings is 1. The standard InChI is InChI=1S/C17H17N3O.C4H4O4/c1-10-16(12-4-2-3-5-13(12)20-10)17(21)11-6-7-14-15(8-11)19-9-18-14;5-3(6)1-2-4(7)8/h2-5,9,11,20H,6-8H2,1H3,(H,18,19);1-2H,(H,5,6)(H,7,8). The van der Waals surface area contributed by atoms with E-state index in [1.54, 1.807) is 6.33 Å². The number of nitrogens with zero attached hydrogens (tertiary/aromatic N) is 1. The summed E-state index contributed by atoms with van der Waals surface area (Å²) in [6.45, 7) is 1.98. The first-order valence-electron chi connectivity index (χ1n) is 9.13. The van der Waals surface area contributed by atoms with Crippen molar-refractivity contribution in [3.63, 3.8) is 0 Å². The van der Waals surface area contributed by atoms with Gasteiger partial charge in [-0.15, -0.1) is 0 Å². The topological polar surface area (TPSA) is 136 Å². The summed E-state index contributed by atoms with van der Waals surface area (Å²) < 4.78 is 0. The van der Waals surface area contributed by atoms with Crippen LogP contribution in [0.5, 0.6) is 0 Å². The quantitative estimate of drug-likeness (QED) is 0.396. The maximum atomic E-state index is 13.0. The molecular formula is C21H21N3O5. The molecule has 0 saturated carbocycles. The Kier molecular flexibility index (Phi) is 5.92. The van der Waals surface area contributed by atoms with Gasteiger partial charge in [0.2, 0.25) is 0 Å². The number of carboxylic acid groups (broad SMARTS) is 2. The maximum absolute atomic E-state index is 13.0. The molecule has 2 aromatic heterocycles. The van der Waals surface area contributed by atoms with Crippen molar-refractivity contribution < 1.29 is 24.6 Å². The average Bonchev–Trinajstić information content (AvgIpc) is 3.28. The van der Waals surface area contributed by atoms with Crippen molar-refractivity contribution in [3.05, 3.63) is 65.4 Å². The van der Waals surface area contributed by atoms with Gasteiger partial charge in [0.15, 0.2) is 5.78 Å². The van der Waals surface area contributed by atoms with Crippen LogP contribution in [0.3, 0.4) is 0 Å². The second-order valence-electron chi connectivity index (χ2n) is 6.81. The van der Waals surface area contributed by atoms with E-state index in [-0.39, 0.29) is 11.7 Å². The van der Waals surface area contributed by atoms with Crippen LogP contribution in [0.4, 0.5) is 0 Å². The number of nitrogens with one attached hydrogen (secondary N) is 2. The number of hydrogen-bond acceptors (Lipinski definition) is 4. The van der Waals surface area contributed by atoms with E-state index in [9.17, 15) is 14.4 Å². The summed E-state index contributed by atoms with van der Waals surface area (Å²) >= 11 is 0. The van der Waals surface area contributed by atoms with Crippen molar-refractivity contribution in [2.45, 2.75) is 26.2 Å². The fraction of sp³-hybridized carbons (Fsp3) is 0.238. The number of ketones is 1. The Hall–Kier alpha value is -3.68. The van der Waals surface area contributed by atoms with Gasteiger partial charge in [-0.25, -0.2) is 14.6 Å². The van der Waals surface area contributed by atoms with Gasteiger partial charge in [-0.05, 0) is 32.3 Å². The molecule has 150 valence electrons. The van der Waals surface area contributed by atoms with Crippen molar-refractivity contribution >= 4 is 28.6 Å². The van der Waals surface area contributed by atoms with E-state index < -0.39 is 11.9 Å². The van der Waals surface area contributed by atoms with E-state index in [4.69, 9.17) is 10.2 Å². The van der Waals surface area contributed by atoms with Gasteiger partial charge in [0.05, 0.1) is 12.0 Å². The molecule has 1 aromatic carbocycles. The van der Waals surface area contributed by atoms with Crippen molar-refractivity contribution in [2.75, 3.05) is 0 Å². The molecule has 0 saturated heterocycles. The minimum atomic E-state index is -1.26. The molecule has 0 fully saturated rings. The Labute approximate surface area is 166 Å². The monoisotopic (exact) mass is 395 g/mol. The third kappa shape index (κ3) is 4.60. The van der Waals surface area contributed by atoms with Gasteiger partial charge in [-0.1, -0.05) is 18.2 Å². The summed E-state index contributed by atoms with van der Waals surface area (Å²) in [6, 6.07) is 8.02. The summed E-state index contributed by atoms with van der Waals surface area (Å²) in [5, 5.41) is 16.7. The average molecular weight is 395 g/mol. The number of aromatic nitrogens is 3. The first-order valence-corrected chi connectivity index (χ1v) is 9.13. The number of aliphatic carboxylic acids is 2. The number of fused-ring (bicyclic) bond motifs is 2. The fourth-order valence-corrected chi connectivity index (χ4v) is 3.57. The summed E-state index contributed by atoms with van der Waals surface area (Å²) in [7, 11) is 0. The molecule has 4 N–H and O–H groups in total. The maximum Gasteiger partial charge on any atom is 0.328 e. The van der Waals surface area contributed by atoms with E-state index in [1.807, 2.05) is 31.2 Å². The minimum Gasteiger partial charge on any atom is -0.478 e. The fourth-order valence-electron chi connectivity index (χ4n) is 3.57. The molecule has 1 aliphatic carbocycles. The number of rotatable bonds is 4. The number of hydrogen-bond donors (Lipinski definition) is 4. The minimum absolute atomic E-state index is 0.0517. The SMILES string of the molecule is Cc1[nH]c2ccccc2c1C(=O)C1CCc2nc[nH]c2C1.O=C(O)C=CC(=O)O. The smallest absolute Gasteiger partial charge is 0.328 e. The lowest BCUT2D eigenvalue weighted by molar-refractivity contribution is -0.134. The van der Waals surface area contributed by atoms with Crippen molar-refractivity contribution in [1.82, 2.24) is 15.0 Å². The lowest BCUT2D eigenvalue weighted by Crippen LogP contribution is -2.23. The molecule has 1 atom stereocenters. The van der Waals surface area contributed by atoms with Crippen LogP contribution in [0, 0.1) is 12.8 Å². The normalized spacial score (nSPS) is 15.6. The van der Waals surface area contributed by atoms with E-state index in [0.717, 1.165) is 52.8 Å². The highest BCUT2D eigenvalue weighted by Gasteiger charge is 2.29. The number of carboxylic acids is 2. The van der Waals surface area contributed by atoms with Gasteiger partial charge < -0.3 is 20.2 Å². The molecule has 29 heavy (non-hydrogen) atoms. The molecular weight excluding hydrogens is 374 g/mol. The molecule has 0 aliphatic heterocycles. The van der Waals surface area contributed by atoms with Crippen LogP contribution >= 0.6 is 0 Å². The molecule has 1 aliphatic rings. The predicted octanol–water partition coefficient (Wildman–Crippen LogP) is 2.90. The highest BCUT2D eigenvalue weighted by Crippen LogP contribution is 2.30. The van der Waals surface area contributed by atoms with Crippen LogP contribution in [0.25, 0.3) is 10.9 Å². The van der Waals surface area contributed by atoms with Crippen LogP contribution in [0.2, 0.25) is 0 Å². The zero-order chi connectivity index (χ0) is 21.0. The Morgan fingerprint density at radius 1 is 1.14 bits per heavy atom. The number of H-pyrrole nitrogens is 2. The number of Topliss-reactive ketones (excluding diaryl/α,β-unsaturated/α-hetero) is 1. The Balaban J connectivity index is 0.000000258. The number of aryl methyl sites for hydroxylation is 2. The van der Waals surface area contributed by atoms with E-state index in [0.29, 0.717) is 12.2 Å². The number of carbonyl (C=O) groups excluding carboxylic acids is 1. The second-order valence-corrected chi connectivity index (χ2v) is 6.81. The largest absolute Gasteiger partial charge is 0.478 e. The highest BCUT2D eigenvalue weighted by molar-refractivity contribution is 6.10. The van der Waals surface area contributed by atoms with Crippen LogP contribution < -0.4 is 0 Å². The molecule has 3 aromatic rings. The Morgan fingerprint density at radius 3 is 2.52 bits per heavy atom. The van der Waals surface area contributed by atoms with Crippen molar-refractivity contribution in [3.8, 4) is 0 Å². The number of benzene rings is 1. The van der Waals surface area contributed by atoms with Gasteiger partial charge in [-0.2, -0.15) is 0 Å². The second kappa shape index (κ2) is 8.55. The third-order valence-corrected chi connectivity index (χ3v) is 4.87. The lowest BCUT2D eigenvalue weighted by Gasteiger charge is -2.20. The molecule has 2 heterocycles. The van der Waals surface area contributed by atoms with Gasteiger partial charge in [0.25, 0.3) is 0 Å². The lowest BCUT2D eigenvalue weighted by atomic mass is 9.83. The van der Waals surface area contributed by atoms with Gasteiger partial charge in [0, 0.05) is 45.9 Å². The number of aromatic amines is 2. The third-order valence-electron chi connectivity index (χ3n) is 4.87. The molecule has 0 spiro atoms. The zero-order valence-corrected chi connectivity index (χ0v) is 15.8. The van der Waals surface area contributed by atoms with Gasteiger partial charge >= 0.3 is 11.9 Å². The van der Waals surface area contributed by atoms with E-state index in [1.165, 1.54) is 0 Å². The first kappa shape index (κ1) is 20.1. The van der Waals surface area contributed by atoms with Crippen LogP contribution in [0.15, 0.2) is 42.7 Å². The summed E-state index contributed by atoms with van der Waals surface area (Å²) in [5.41, 5.74) is 5.11. The van der Waals surface area contributed by atoms with Crippen LogP contribution in [-0.4, -0.2) is 42.9 Å². The first-order chi connectivity index (χ1) is 13.9. The van der Waals surface area contributed by atoms with Crippen LogP contribution in [0.1, 0.15) is 33.9 Å². The zero-order valence-electron chi connectivity index (χ0n) is 15.8.